The van der Waals surface area contributed by atoms with Gasteiger partial charge in [0, 0.05) is 0 Å². The summed E-state index contributed by atoms with van der Waals surface area (Å²) in [4.78, 5) is 9.89. The lowest BCUT2D eigenvalue weighted by molar-refractivity contribution is -0.149. The lowest BCUT2D eigenvalue weighted by Gasteiger charge is -2.12. The molecule has 0 fully saturated rings. The molecule has 0 aliphatic carbocycles. The fraction of sp³-hybridized carbons (Fsp3) is 0.750. The topological polar surface area (TPSA) is 89.0 Å². The van der Waals surface area contributed by atoms with Gasteiger partial charge in [0.25, 0.3) is 0 Å². The molecule has 0 aliphatic heterocycles. The summed E-state index contributed by atoms with van der Waals surface area (Å²) in [6, 6.07) is 0. The molecule has 0 rings (SSSR count). The standard InChI is InChI=1S/C4H9N2O2/c1-2-4(5,6)3(7)8/h2,5-6H2,1H3. The van der Waals surface area contributed by atoms with E-state index in [2.05, 4.69) is 0 Å². The molecule has 0 saturated heterocycles. The molecule has 47 valence electrons. The Labute approximate surface area is 47.5 Å². The average molecular weight is 117 g/mol. The Kier molecular flexibility index (Phi) is 1.94. The minimum Gasteiger partial charge on any atom is -0.304 e. The van der Waals surface area contributed by atoms with Crippen LogP contribution in [0.25, 0.3) is 0 Å². The van der Waals surface area contributed by atoms with Gasteiger partial charge in [0.2, 0.25) is 0 Å². The van der Waals surface area contributed by atoms with Crippen LogP contribution in [0.15, 0.2) is 0 Å². The largest absolute Gasteiger partial charge is 0.389 e. The van der Waals surface area contributed by atoms with Crippen molar-refractivity contribution in [2.75, 3.05) is 0 Å². The number of hydrogen-bond acceptors (Lipinski definition) is 3. The Bertz CT molecular complexity index is 100. The Morgan fingerprint density at radius 1 is 1.62 bits per heavy atom. The highest BCUT2D eigenvalue weighted by molar-refractivity contribution is 5.76. The maximum Gasteiger partial charge on any atom is 0.389 e. The van der Waals surface area contributed by atoms with E-state index in [-0.39, 0.29) is 6.42 Å². The first-order valence-electron chi connectivity index (χ1n) is 2.30. The van der Waals surface area contributed by atoms with Crippen LogP contribution in [0.3, 0.4) is 0 Å². The summed E-state index contributed by atoms with van der Waals surface area (Å²) in [5, 5.41) is 9.89. The zero-order valence-electron chi connectivity index (χ0n) is 4.68. The molecule has 4 heteroatoms. The maximum atomic E-state index is 9.89. The third-order valence-corrected chi connectivity index (χ3v) is 0.965. The Balaban J connectivity index is 3.91. The van der Waals surface area contributed by atoms with Crippen molar-refractivity contribution < 1.29 is 9.90 Å². The second kappa shape index (κ2) is 2.11. The highest BCUT2D eigenvalue weighted by Gasteiger charge is 2.27. The van der Waals surface area contributed by atoms with Gasteiger partial charge in [0.15, 0.2) is 5.66 Å². The van der Waals surface area contributed by atoms with Crippen molar-refractivity contribution in [2.45, 2.75) is 19.0 Å². The van der Waals surface area contributed by atoms with Crippen LogP contribution in [0.2, 0.25) is 0 Å². The van der Waals surface area contributed by atoms with Crippen LogP contribution in [-0.4, -0.2) is 11.6 Å². The molecule has 0 unspecified atom stereocenters. The first-order valence-corrected chi connectivity index (χ1v) is 2.30. The lowest BCUT2D eigenvalue weighted by atomic mass is 10.1. The number of carbonyl (C=O) groups excluding carboxylic acids is 1. The molecular formula is C4H9N2O2. The van der Waals surface area contributed by atoms with Gasteiger partial charge in [0.05, 0.1) is 0 Å². The molecule has 0 aromatic heterocycles. The SMILES string of the molecule is CCC(N)(N)C([O])=O. The zero-order chi connectivity index (χ0) is 6.78. The molecule has 0 saturated carbocycles. The van der Waals surface area contributed by atoms with Crippen molar-refractivity contribution in [3.8, 4) is 0 Å². The van der Waals surface area contributed by atoms with E-state index in [0.717, 1.165) is 0 Å². The predicted octanol–water partition coefficient (Wildman–Crippen LogP) is -1.03. The fourth-order valence-corrected chi connectivity index (χ4v) is 0.144. The molecule has 0 heterocycles. The van der Waals surface area contributed by atoms with E-state index in [9.17, 15) is 9.90 Å². The van der Waals surface area contributed by atoms with Gasteiger partial charge in [-0.25, -0.2) is 9.90 Å². The normalized spacial score (nSPS) is 11.4. The van der Waals surface area contributed by atoms with Gasteiger partial charge in [0.1, 0.15) is 0 Å². The van der Waals surface area contributed by atoms with Crippen molar-refractivity contribution in [1.82, 2.24) is 0 Å². The van der Waals surface area contributed by atoms with E-state index >= 15 is 0 Å². The third kappa shape index (κ3) is 1.48. The quantitative estimate of drug-likeness (QED) is 0.453. The van der Waals surface area contributed by atoms with E-state index in [1.54, 1.807) is 6.92 Å². The Hall–Kier alpha value is -0.610. The summed E-state index contributed by atoms with van der Waals surface area (Å²) in [5.74, 6) is -1.42. The molecule has 0 amide bonds. The summed E-state index contributed by atoms with van der Waals surface area (Å²) in [5.41, 5.74) is 8.30. The summed E-state index contributed by atoms with van der Waals surface area (Å²) >= 11 is 0. The van der Waals surface area contributed by atoms with Crippen molar-refractivity contribution in [3.05, 3.63) is 0 Å². The van der Waals surface area contributed by atoms with Crippen LogP contribution in [0.4, 0.5) is 0 Å². The third-order valence-electron chi connectivity index (χ3n) is 0.965. The monoisotopic (exact) mass is 117 g/mol. The summed E-state index contributed by atoms with van der Waals surface area (Å²) < 4.78 is 0. The van der Waals surface area contributed by atoms with E-state index < -0.39 is 11.6 Å². The highest BCUT2D eigenvalue weighted by Crippen LogP contribution is 1.95. The van der Waals surface area contributed by atoms with Crippen LogP contribution in [0.1, 0.15) is 13.3 Å². The molecule has 0 atom stereocenters. The fourth-order valence-electron chi connectivity index (χ4n) is 0.144. The first kappa shape index (κ1) is 7.39. The van der Waals surface area contributed by atoms with Gasteiger partial charge in [-0.3, -0.25) is 0 Å². The number of nitrogens with two attached hydrogens (primary N) is 2. The molecule has 4 nitrogen and oxygen atoms in total. The molecule has 8 heavy (non-hydrogen) atoms. The molecule has 0 aliphatic rings. The second-order valence-corrected chi connectivity index (χ2v) is 1.68. The van der Waals surface area contributed by atoms with Crippen molar-refractivity contribution in [1.29, 1.82) is 0 Å². The summed E-state index contributed by atoms with van der Waals surface area (Å²) in [7, 11) is 0. The predicted molar refractivity (Wildman–Crippen MR) is 27.1 cm³/mol. The van der Waals surface area contributed by atoms with Gasteiger partial charge < -0.3 is 11.5 Å². The van der Waals surface area contributed by atoms with Crippen molar-refractivity contribution in [2.24, 2.45) is 11.5 Å². The van der Waals surface area contributed by atoms with E-state index in [1.165, 1.54) is 0 Å². The lowest BCUT2D eigenvalue weighted by Crippen LogP contribution is -2.55. The number of hydrogen-bond donors (Lipinski definition) is 2. The Morgan fingerprint density at radius 3 is 2.00 bits per heavy atom. The number of carbonyl (C=O) groups is 1. The van der Waals surface area contributed by atoms with Crippen molar-refractivity contribution in [3.63, 3.8) is 0 Å². The summed E-state index contributed by atoms with van der Waals surface area (Å²) in [6.45, 7) is 1.58. The van der Waals surface area contributed by atoms with Crippen molar-refractivity contribution >= 4 is 5.97 Å². The van der Waals surface area contributed by atoms with Crippen LogP contribution in [-0.2, 0) is 9.90 Å². The molecule has 0 spiro atoms. The van der Waals surface area contributed by atoms with Gasteiger partial charge in [-0.15, -0.1) is 0 Å². The second-order valence-electron chi connectivity index (χ2n) is 1.68. The van der Waals surface area contributed by atoms with E-state index in [1.807, 2.05) is 0 Å². The van der Waals surface area contributed by atoms with E-state index in [4.69, 9.17) is 11.5 Å². The summed E-state index contributed by atoms with van der Waals surface area (Å²) in [6.07, 6.45) is 0.176. The first-order chi connectivity index (χ1) is 3.50. The maximum absolute atomic E-state index is 9.89. The van der Waals surface area contributed by atoms with Gasteiger partial charge in [-0.05, 0) is 6.42 Å². The van der Waals surface area contributed by atoms with Gasteiger partial charge >= 0.3 is 5.97 Å². The molecule has 4 N–H and O–H groups in total. The Morgan fingerprint density at radius 2 is 2.00 bits per heavy atom. The molecule has 0 aromatic carbocycles. The smallest absolute Gasteiger partial charge is 0.304 e. The van der Waals surface area contributed by atoms with Gasteiger partial charge in [-0.1, -0.05) is 6.92 Å². The van der Waals surface area contributed by atoms with Crippen LogP contribution < -0.4 is 11.5 Å². The molecule has 0 bridgehead atoms. The minimum atomic E-state index is -1.65. The van der Waals surface area contributed by atoms with Crippen LogP contribution in [0, 0.1) is 0 Å². The van der Waals surface area contributed by atoms with E-state index in [0.29, 0.717) is 0 Å². The molecule has 0 aromatic rings. The number of rotatable bonds is 2. The van der Waals surface area contributed by atoms with Crippen LogP contribution in [0.5, 0.6) is 0 Å². The molecular weight excluding hydrogens is 108 g/mol. The van der Waals surface area contributed by atoms with Crippen LogP contribution >= 0.6 is 0 Å². The highest BCUT2D eigenvalue weighted by atomic mass is 16.4. The van der Waals surface area contributed by atoms with Gasteiger partial charge in [-0.2, -0.15) is 0 Å². The minimum absolute atomic E-state index is 0.176. The zero-order valence-corrected chi connectivity index (χ0v) is 4.68. The average Bonchev–Trinajstić information content (AvgIpc) is 1.67. The molecule has 1 radical (unpaired) electrons.